The van der Waals surface area contributed by atoms with Crippen molar-refractivity contribution in [3.05, 3.63) is 0 Å². The van der Waals surface area contributed by atoms with E-state index >= 15 is 0 Å². The van der Waals surface area contributed by atoms with Gasteiger partial charge in [-0.05, 0) is 19.3 Å². The van der Waals surface area contributed by atoms with Gasteiger partial charge in [-0.2, -0.15) is 0 Å². The summed E-state index contributed by atoms with van der Waals surface area (Å²) >= 11 is 0. The lowest BCUT2D eigenvalue weighted by Crippen LogP contribution is -1.93. The van der Waals surface area contributed by atoms with E-state index < -0.39 is 0 Å². The van der Waals surface area contributed by atoms with Crippen LogP contribution in [0.5, 0.6) is 0 Å². The molecule has 96 valence electrons. The van der Waals surface area contributed by atoms with Crippen molar-refractivity contribution in [2.24, 2.45) is 5.92 Å². The molecule has 0 bridgehead atoms. The Bertz CT molecular complexity index is 41.2. The van der Waals surface area contributed by atoms with E-state index in [2.05, 4.69) is 20.8 Å². The lowest BCUT2D eigenvalue weighted by atomic mass is 10.2. The molecule has 1 nitrogen and oxygen atoms in total. The Labute approximate surface area is 94.9 Å². The van der Waals surface area contributed by atoms with Gasteiger partial charge in [0.2, 0.25) is 0 Å². The Hall–Kier alpha value is -0.0400. The van der Waals surface area contributed by atoms with E-state index in [1.54, 1.807) is 6.92 Å². The molecule has 0 aliphatic heterocycles. The summed E-state index contributed by atoms with van der Waals surface area (Å²) in [5.41, 5.74) is 0. The molecular formula is C13H38O. The van der Waals surface area contributed by atoms with Gasteiger partial charge in [-0.15, -0.1) is 0 Å². The van der Waals surface area contributed by atoms with Gasteiger partial charge < -0.3 is 5.11 Å². The first-order chi connectivity index (χ1) is 4.54. The molecule has 0 aliphatic rings. The lowest BCUT2D eigenvalue weighted by molar-refractivity contribution is 0.191. The maximum absolute atomic E-state index is 8.36. The second-order valence-corrected chi connectivity index (χ2v) is 3.06. The third kappa shape index (κ3) is 91.6. The van der Waals surface area contributed by atoms with Gasteiger partial charge >= 0.3 is 0 Å². The van der Waals surface area contributed by atoms with E-state index in [9.17, 15) is 0 Å². The van der Waals surface area contributed by atoms with Crippen molar-refractivity contribution in [1.29, 1.82) is 0 Å². The molecule has 0 amide bonds. The largest absolute Gasteiger partial charge is 0.393 e. The van der Waals surface area contributed by atoms with Gasteiger partial charge in [-0.1, -0.05) is 63.8 Å². The fourth-order valence-electron chi connectivity index (χ4n) is 0. The molecule has 0 rings (SSSR count). The SMILES string of the molecule is C.C.C.C.CCC(C)C.CCC(C)O. The Morgan fingerprint density at radius 3 is 0.929 bits per heavy atom. The van der Waals surface area contributed by atoms with Gasteiger partial charge in [0.25, 0.3) is 0 Å². The summed E-state index contributed by atoms with van der Waals surface area (Å²) in [6.45, 7) is 10.4. The van der Waals surface area contributed by atoms with E-state index in [4.69, 9.17) is 5.11 Å². The maximum atomic E-state index is 8.36. The van der Waals surface area contributed by atoms with Crippen LogP contribution in [0.1, 0.15) is 77.2 Å². The first kappa shape index (κ1) is 37.0. The van der Waals surface area contributed by atoms with Crippen LogP contribution in [0.25, 0.3) is 0 Å². The minimum absolute atomic E-state index is 0. The maximum Gasteiger partial charge on any atom is 0.0509 e. The standard InChI is InChI=1S/C5H12.C4H10O.4CH4/c1-4-5(2)3;1-3-4(2)5;;;;/h5H,4H2,1-3H3;4-5H,3H2,1-2H3;4*1H4. The van der Waals surface area contributed by atoms with Crippen molar-refractivity contribution >= 4 is 0 Å². The van der Waals surface area contributed by atoms with Crippen molar-refractivity contribution in [3.8, 4) is 0 Å². The zero-order valence-electron chi connectivity index (χ0n) is 8.02. The molecular weight excluding hydrogens is 172 g/mol. The number of hydrogen-bond donors (Lipinski definition) is 1. The van der Waals surface area contributed by atoms with Crippen molar-refractivity contribution in [2.75, 3.05) is 0 Å². The van der Waals surface area contributed by atoms with Gasteiger partial charge in [0, 0.05) is 0 Å². The van der Waals surface area contributed by atoms with Gasteiger partial charge in [0.1, 0.15) is 0 Å². The van der Waals surface area contributed by atoms with Gasteiger partial charge in [0.05, 0.1) is 6.10 Å². The van der Waals surface area contributed by atoms with E-state index in [1.165, 1.54) is 6.42 Å². The number of aliphatic hydroxyl groups is 1. The third-order valence-electron chi connectivity index (χ3n) is 1.41. The molecule has 0 heterocycles. The van der Waals surface area contributed by atoms with Gasteiger partial charge in [-0.25, -0.2) is 0 Å². The van der Waals surface area contributed by atoms with Crippen molar-refractivity contribution in [3.63, 3.8) is 0 Å². The predicted molar refractivity (Wildman–Crippen MR) is 74.0 cm³/mol. The van der Waals surface area contributed by atoms with Crippen LogP contribution in [-0.2, 0) is 0 Å². The van der Waals surface area contributed by atoms with Crippen LogP contribution in [0, 0.1) is 5.92 Å². The van der Waals surface area contributed by atoms with Crippen LogP contribution in [0.3, 0.4) is 0 Å². The number of rotatable bonds is 2. The third-order valence-corrected chi connectivity index (χ3v) is 1.41. The molecule has 0 spiro atoms. The molecule has 0 aromatic carbocycles. The summed E-state index contributed by atoms with van der Waals surface area (Å²) in [5.74, 6) is 0.884. The lowest BCUT2D eigenvalue weighted by Gasteiger charge is -1.90. The normalized spacial score (nSPS) is 8.79. The van der Waals surface area contributed by atoms with E-state index in [-0.39, 0.29) is 35.8 Å². The molecule has 0 aliphatic carbocycles. The Morgan fingerprint density at radius 1 is 0.786 bits per heavy atom. The van der Waals surface area contributed by atoms with Crippen LogP contribution in [0.2, 0.25) is 0 Å². The molecule has 0 aromatic heterocycles. The second-order valence-electron chi connectivity index (χ2n) is 3.06. The average Bonchev–Trinajstić information content (AvgIpc) is 1.89. The number of hydrogen-bond acceptors (Lipinski definition) is 1. The zero-order valence-corrected chi connectivity index (χ0v) is 8.02. The highest BCUT2D eigenvalue weighted by Gasteiger charge is 1.81. The summed E-state index contributed by atoms with van der Waals surface area (Å²) in [7, 11) is 0. The molecule has 0 fully saturated rings. The highest BCUT2D eigenvalue weighted by molar-refractivity contribution is 4.34. The van der Waals surface area contributed by atoms with Crippen molar-refractivity contribution in [2.45, 2.75) is 83.3 Å². The Balaban J connectivity index is -0.0000000178. The minimum atomic E-state index is -0.116. The quantitative estimate of drug-likeness (QED) is 0.649. The smallest absolute Gasteiger partial charge is 0.0509 e. The molecule has 0 radical (unpaired) electrons. The zero-order chi connectivity index (χ0) is 8.57. The predicted octanol–water partition coefficient (Wildman–Crippen LogP) is 5.37. The molecule has 0 saturated carbocycles. The fraction of sp³-hybridized carbons (Fsp3) is 1.00. The molecule has 1 unspecified atom stereocenters. The van der Waals surface area contributed by atoms with Crippen LogP contribution in [0.15, 0.2) is 0 Å². The summed E-state index contributed by atoms with van der Waals surface area (Å²) in [5, 5.41) is 8.36. The molecule has 0 saturated heterocycles. The molecule has 0 aromatic rings. The minimum Gasteiger partial charge on any atom is -0.393 e. The van der Waals surface area contributed by atoms with Crippen molar-refractivity contribution < 1.29 is 5.11 Å². The average molecular weight is 210 g/mol. The first-order valence-electron chi connectivity index (χ1n) is 4.22. The highest BCUT2D eigenvalue weighted by atomic mass is 16.3. The highest BCUT2D eigenvalue weighted by Crippen LogP contribution is 1.93. The molecule has 1 N–H and O–H groups in total. The first-order valence-corrected chi connectivity index (χ1v) is 4.22. The summed E-state index contributed by atoms with van der Waals surface area (Å²) in [4.78, 5) is 0. The monoisotopic (exact) mass is 210 g/mol. The number of aliphatic hydroxyl groups excluding tert-OH is 1. The summed E-state index contributed by atoms with van der Waals surface area (Å²) in [6.07, 6.45) is 2.05. The van der Waals surface area contributed by atoms with Crippen LogP contribution >= 0.6 is 0 Å². The van der Waals surface area contributed by atoms with Gasteiger partial charge in [-0.3, -0.25) is 0 Å². The van der Waals surface area contributed by atoms with Crippen LogP contribution in [-0.4, -0.2) is 11.2 Å². The molecule has 14 heavy (non-hydrogen) atoms. The Kier molecular flexibility index (Phi) is 77.3. The molecule has 1 atom stereocenters. The van der Waals surface area contributed by atoms with E-state index in [1.807, 2.05) is 6.92 Å². The Morgan fingerprint density at radius 2 is 0.929 bits per heavy atom. The van der Waals surface area contributed by atoms with Crippen LogP contribution in [0.4, 0.5) is 0 Å². The summed E-state index contributed by atoms with van der Waals surface area (Å²) in [6, 6.07) is 0. The van der Waals surface area contributed by atoms with Gasteiger partial charge in [0.15, 0.2) is 0 Å². The second kappa shape index (κ2) is 29.3. The molecule has 1 heteroatoms. The topological polar surface area (TPSA) is 20.2 Å². The van der Waals surface area contributed by atoms with Crippen LogP contribution < -0.4 is 0 Å². The fourth-order valence-corrected chi connectivity index (χ4v) is 0. The summed E-state index contributed by atoms with van der Waals surface area (Å²) < 4.78 is 0. The van der Waals surface area contributed by atoms with Crippen molar-refractivity contribution in [1.82, 2.24) is 0 Å². The van der Waals surface area contributed by atoms with E-state index in [0.717, 1.165) is 12.3 Å². The van der Waals surface area contributed by atoms with E-state index in [0.29, 0.717) is 0 Å².